The lowest BCUT2D eigenvalue weighted by Gasteiger charge is -2.28. The number of benzene rings is 3. The van der Waals surface area contributed by atoms with Crippen LogP contribution < -0.4 is 14.2 Å². The number of hydrogen-bond donors (Lipinski definition) is 0. The van der Waals surface area contributed by atoms with Gasteiger partial charge in [0.25, 0.3) is 5.91 Å². The first-order chi connectivity index (χ1) is 15.4. The molecule has 1 heterocycles. The first kappa shape index (κ1) is 21.7. The Kier molecular flexibility index (Phi) is 6.30. The van der Waals surface area contributed by atoms with Crippen LogP contribution in [0.15, 0.2) is 66.7 Å². The van der Waals surface area contributed by atoms with E-state index in [1.807, 2.05) is 62.4 Å². The van der Waals surface area contributed by atoms with Gasteiger partial charge in [0.15, 0.2) is 0 Å². The van der Waals surface area contributed by atoms with Gasteiger partial charge >= 0.3 is 0 Å². The lowest BCUT2D eigenvalue weighted by molar-refractivity contribution is 0.0635. The zero-order valence-electron chi connectivity index (χ0n) is 18.4. The van der Waals surface area contributed by atoms with Gasteiger partial charge < -0.3 is 19.1 Å². The molecule has 1 unspecified atom stereocenters. The van der Waals surface area contributed by atoms with E-state index < -0.39 is 5.82 Å². The summed E-state index contributed by atoms with van der Waals surface area (Å²) in [4.78, 5) is 14.9. The summed E-state index contributed by atoms with van der Waals surface area (Å²) < 4.78 is 30.7. The zero-order valence-corrected chi connectivity index (χ0v) is 18.4. The van der Waals surface area contributed by atoms with Gasteiger partial charge in [-0.15, -0.1) is 0 Å². The van der Waals surface area contributed by atoms with Crippen molar-refractivity contribution in [1.29, 1.82) is 0 Å². The highest BCUT2D eigenvalue weighted by Crippen LogP contribution is 2.33. The van der Waals surface area contributed by atoms with E-state index in [-0.39, 0.29) is 24.7 Å². The van der Waals surface area contributed by atoms with Crippen LogP contribution in [0.4, 0.5) is 4.39 Å². The Balaban J connectivity index is 1.59. The maximum atomic E-state index is 13.7. The summed E-state index contributed by atoms with van der Waals surface area (Å²) in [7, 11) is 1.61. The Bertz CT molecular complexity index is 1080. The molecule has 0 aromatic heterocycles. The fourth-order valence-corrected chi connectivity index (χ4v) is 3.80. The van der Waals surface area contributed by atoms with Crippen molar-refractivity contribution >= 4 is 5.91 Å². The molecule has 0 radical (unpaired) electrons. The number of hydrogen-bond acceptors (Lipinski definition) is 4. The number of ether oxygens (including phenoxy) is 3. The van der Waals surface area contributed by atoms with E-state index in [1.165, 1.54) is 12.1 Å². The number of halogens is 1. The van der Waals surface area contributed by atoms with Gasteiger partial charge in [-0.25, -0.2) is 4.39 Å². The van der Waals surface area contributed by atoms with Gasteiger partial charge in [-0.05, 0) is 73.5 Å². The highest BCUT2D eigenvalue weighted by Gasteiger charge is 2.34. The fraction of sp³-hybridized carbons (Fsp3) is 0.269. The van der Waals surface area contributed by atoms with Crippen molar-refractivity contribution in [3.8, 4) is 17.2 Å². The SMILES string of the molecule is COc1ccc(OCC(c2ccc(OC(C)C)cc2)N2Cc3ccc(F)cc3C2=O)cc1. The molecule has 1 atom stereocenters. The molecule has 0 spiro atoms. The van der Waals surface area contributed by atoms with Crippen LogP contribution in [0.25, 0.3) is 0 Å². The molecule has 1 aliphatic rings. The predicted octanol–water partition coefficient (Wildman–Crippen LogP) is 5.40. The minimum Gasteiger partial charge on any atom is -0.497 e. The molecule has 3 aromatic rings. The Morgan fingerprint density at radius 2 is 1.59 bits per heavy atom. The molecule has 0 N–H and O–H groups in total. The van der Waals surface area contributed by atoms with Crippen LogP contribution in [0, 0.1) is 5.82 Å². The van der Waals surface area contributed by atoms with Crippen molar-refractivity contribution in [1.82, 2.24) is 4.90 Å². The highest BCUT2D eigenvalue weighted by molar-refractivity contribution is 5.98. The van der Waals surface area contributed by atoms with Gasteiger partial charge in [0.05, 0.1) is 19.3 Å². The van der Waals surface area contributed by atoms with Gasteiger partial charge in [-0.1, -0.05) is 18.2 Å². The molecule has 0 saturated carbocycles. The molecule has 0 fully saturated rings. The number of nitrogens with zero attached hydrogens (tertiary/aromatic N) is 1. The normalized spacial score (nSPS) is 13.8. The Morgan fingerprint density at radius 1 is 0.938 bits per heavy atom. The Morgan fingerprint density at radius 3 is 2.25 bits per heavy atom. The second-order valence-electron chi connectivity index (χ2n) is 7.97. The quantitative estimate of drug-likeness (QED) is 0.476. The van der Waals surface area contributed by atoms with E-state index in [1.54, 1.807) is 18.1 Å². The van der Waals surface area contributed by atoms with Crippen LogP contribution in [0.5, 0.6) is 17.2 Å². The maximum Gasteiger partial charge on any atom is 0.255 e. The van der Waals surface area contributed by atoms with E-state index in [4.69, 9.17) is 14.2 Å². The van der Waals surface area contributed by atoms with E-state index in [9.17, 15) is 9.18 Å². The van der Waals surface area contributed by atoms with E-state index in [0.717, 1.165) is 22.6 Å². The van der Waals surface area contributed by atoms with Gasteiger partial charge in [0.1, 0.15) is 29.7 Å². The summed E-state index contributed by atoms with van der Waals surface area (Å²) in [6, 6.07) is 19.0. The van der Waals surface area contributed by atoms with Crippen LogP contribution in [0.1, 0.15) is 41.4 Å². The monoisotopic (exact) mass is 435 g/mol. The smallest absolute Gasteiger partial charge is 0.255 e. The van der Waals surface area contributed by atoms with E-state index in [2.05, 4.69) is 0 Å². The molecule has 3 aromatic carbocycles. The number of carbonyl (C=O) groups is 1. The summed E-state index contributed by atoms with van der Waals surface area (Å²) in [6.07, 6.45) is 0.0691. The first-order valence-electron chi connectivity index (χ1n) is 10.6. The first-order valence-corrected chi connectivity index (χ1v) is 10.6. The van der Waals surface area contributed by atoms with Crippen molar-refractivity contribution < 1.29 is 23.4 Å². The van der Waals surface area contributed by atoms with Crippen molar-refractivity contribution in [2.75, 3.05) is 13.7 Å². The lowest BCUT2D eigenvalue weighted by atomic mass is 10.1. The third kappa shape index (κ3) is 4.69. The van der Waals surface area contributed by atoms with Crippen molar-refractivity contribution in [2.45, 2.75) is 32.5 Å². The van der Waals surface area contributed by atoms with Crippen molar-refractivity contribution in [3.63, 3.8) is 0 Å². The maximum absolute atomic E-state index is 13.7. The fourth-order valence-electron chi connectivity index (χ4n) is 3.80. The number of amides is 1. The molecule has 0 saturated heterocycles. The summed E-state index contributed by atoms with van der Waals surface area (Å²) in [5.41, 5.74) is 2.13. The minimum atomic E-state index is -0.417. The molecule has 32 heavy (non-hydrogen) atoms. The van der Waals surface area contributed by atoms with Gasteiger partial charge in [-0.2, -0.15) is 0 Å². The van der Waals surface area contributed by atoms with Crippen LogP contribution in [0.2, 0.25) is 0 Å². The molecule has 0 bridgehead atoms. The summed E-state index contributed by atoms with van der Waals surface area (Å²) in [6.45, 7) is 4.59. The molecule has 1 aliphatic heterocycles. The minimum absolute atomic E-state index is 0.0691. The lowest BCUT2D eigenvalue weighted by Crippen LogP contribution is -2.33. The summed E-state index contributed by atoms with van der Waals surface area (Å²) in [5, 5.41) is 0. The van der Waals surface area contributed by atoms with Gasteiger partial charge in [0, 0.05) is 12.1 Å². The van der Waals surface area contributed by atoms with E-state index in [0.29, 0.717) is 17.9 Å². The molecule has 0 aliphatic carbocycles. The van der Waals surface area contributed by atoms with Gasteiger partial charge in [0.2, 0.25) is 0 Å². The standard InChI is InChI=1S/C26H26FNO4/c1-17(2)32-23-8-5-18(6-9-23)25(16-31-22-12-10-21(30-3)11-13-22)28-15-19-4-7-20(27)14-24(19)26(28)29/h4-14,17,25H,15-16H2,1-3H3. The second-order valence-corrected chi connectivity index (χ2v) is 7.97. The summed E-state index contributed by atoms with van der Waals surface area (Å²) >= 11 is 0. The van der Waals surface area contributed by atoms with Crippen LogP contribution in [0.3, 0.4) is 0 Å². The molecular weight excluding hydrogens is 409 g/mol. The third-order valence-electron chi connectivity index (χ3n) is 5.38. The largest absolute Gasteiger partial charge is 0.497 e. The molecule has 6 heteroatoms. The van der Waals surface area contributed by atoms with Gasteiger partial charge in [-0.3, -0.25) is 4.79 Å². The van der Waals surface area contributed by atoms with Crippen LogP contribution >= 0.6 is 0 Å². The highest BCUT2D eigenvalue weighted by atomic mass is 19.1. The number of rotatable bonds is 8. The number of fused-ring (bicyclic) bond motifs is 1. The zero-order chi connectivity index (χ0) is 22.7. The molecular formula is C26H26FNO4. The van der Waals surface area contributed by atoms with Crippen LogP contribution in [-0.2, 0) is 6.54 Å². The average Bonchev–Trinajstić information content (AvgIpc) is 3.11. The van der Waals surface area contributed by atoms with Crippen molar-refractivity contribution in [2.24, 2.45) is 0 Å². The molecule has 166 valence electrons. The Hall–Kier alpha value is -3.54. The number of methoxy groups -OCH3 is 1. The van der Waals surface area contributed by atoms with E-state index >= 15 is 0 Å². The van der Waals surface area contributed by atoms with Crippen molar-refractivity contribution in [3.05, 3.63) is 89.2 Å². The summed E-state index contributed by atoms with van der Waals surface area (Å²) in [5.74, 6) is 1.55. The Labute approximate surface area is 187 Å². The molecule has 5 nitrogen and oxygen atoms in total. The molecule has 1 amide bonds. The predicted molar refractivity (Wildman–Crippen MR) is 120 cm³/mol. The third-order valence-corrected chi connectivity index (χ3v) is 5.38. The van der Waals surface area contributed by atoms with Crippen LogP contribution in [-0.4, -0.2) is 30.6 Å². The molecule has 4 rings (SSSR count). The number of carbonyl (C=O) groups excluding carboxylic acids is 1. The topological polar surface area (TPSA) is 48.0 Å². The average molecular weight is 435 g/mol. The second kappa shape index (κ2) is 9.30.